The van der Waals surface area contributed by atoms with E-state index in [2.05, 4.69) is 26.1 Å². The molecule has 0 aliphatic heterocycles. The summed E-state index contributed by atoms with van der Waals surface area (Å²) in [5, 5.41) is 3.21. The van der Waals surface area contributed by atoms with Crippen LogP contribution in [0, 0.1) is 5.92 Å². The van der Waals surface area contributed by atoms with Crippen molar-refractivity contribution < 1.29 is 4.79 Å². The molecule has 3 N–H and O–H groups in total. The molecule has 0 aliphatic carbocycles. The summed E-state index contributed by atoms with van der Waals surface area (Å²) in [6.45, 7) is 7.27. The van der Waals surface area contributed by atoms with E-state index >= 15 is 0 Å². The Bertz CT molecular complexity index is 157. The van der Waals surface area contributed by atoms with Crippen LogP contribution in [-0.4, -0.2) is 18.5 Å². The SMILES string of the molecule is CCCCCNC(CC(C)C)C(N)=O. The van der Waals surface area contributed by atoms with Crippen LogP contribution >= 0.6 is 0 Å². The number of amides is 1. The zero-order valence-electron chi connectivity index (χ0n) is 9.68. The molecule has 0 aromatic heterocycles. The number of nitrogens with one attached hydrogen (secondary N) is 1. The molecule has 1 amide bonds. The minimum atomic E-state index is -0.227. The lowest BCUT2D eigenvalue weighted by atomic mass is 10.0. The Kier molecular flexibility index (Phi) is 7.48. The summed E-state index contributed by atoms with van der Waals surface area (Å²) in [7, 11) is 0. The Labute approximate surface area is 87.4 Å². The van der Waals surface area contributed by atoms with Crippen molar-refractivity contribution in [3.63, 3.8) is 0 Å². The van der Waals surface area contributed by atoms with E-state index in [1.807, 2.05) is 0 Å². The number of hydrogen-bond donors (Lipinski definition) is 2. The van der Waals surface area contributed by atoms with Crippen LogP contribution in [0.5, 0.6) is 0 Å². The molecule has 1 unspecified atom stereocenters. The summed E-state index contributed by atoms with van der Waals surface area (Å²) in [5.74, 6) is 0.279. The maximum Gasteiger partial charge on any atom is 0.234 e. The molecule has 3 heteroatoms. The van der Waals surface area contributed by atoms with Crippen molar-refractivity contribution in [2.24, 2.45) is 11.7 Å². The van der Waals surface area contributed by atoms with Gasteiger partial charge in [0.25, 0.3) is 0 Å². The first kappa shape index (κ1) is 13.4. The fraction of sp³-hybridized carbons (Fsp3) is 0.909. The minimum Gasteiger partial charge on any atom is -0.368 e. The van der Waals surface area contributed by atoms with Gasteiger partial charge in [-0.1, -0.05) is 33.6 Å². The van der Waals surface area contributed by atoms with Gasteiger partial charge in [-0.3, -0.25) is 4.79 Å². The van der Waals surface area contributed by atoms with Crippen molar-refractivity contribution in [1.82, 2.24) is 5.32 Å². The minimum absolute atomic E-state index is 0.146. The number of hydrogen-bond acceptors (Lipinski definition) is 2. The first-order valence-corrected chi connectivity index (χ1v) is 5.60. The highest BCUT2D eigenvalue weighted by molar-refractivity contribution is 5.79. The average molecular weight is 200 g/mol. The van der Waals surface area contributed by atoms with E-state index < -0.39 is 0 Å². The lowest BCUT2D eigenvalue weighted by Crippen LogP contribution is -2.42. The molecule has 0 spiro atoms. The van der Waals surface area contributed by atoms with Crippen LogP contribution in [0.2, 0.25) is 0 Å². The Hall–Kier alpha value is -0.570. The first-order chi connectivity index (χ1) is 6.57. The van der Waals surface area contributed by atoms with Crippen LogP contribution in [0.1, 0.15) is 46.5 Å². The van der Waals surface area contributed by atoms with Gasteiger partial charge >= 0.3 is 0 Å². The van der Waals surface area contributed by atoms with E-state index in [0.717, 1.165) is 19.4 Å². The molecule has 0 aliphatic rings. The molecule has 0 radical (unpaired) electrons. The maximum atomic E-state index is 11.1. The van der Waals surface area contributed by atoms with Gasteiger partial charge in [-0.15, -0.1) is 0 Å². The molecule has 0 saturated heterocycles. The van der Waals surface area contributed by atoms with Crippen LogP contribution in [0.15, 0.2) is 0 Å². The van der Waals surface area contributed by atoms with Gasteiger partial charge in [-0.2, -0.15) is 0 Å². The molecule has 0 bridgehead atoms. The summed E-state index contributed by atoms with van der Waals surface area (Å²) in [6.07, 6.45) is 4.37. The molecule has 1 atom stereocenters. The largest absolute Gasteiger partial charge is 0.368 e. The third-order valence-corrected chi connectivity index (χ3v) is 2.22. The number of carbonyl (C=O) groups is 1. The van der Waals surface area contributed by atoms with Crippen LogP contribution in [0.25, 0.3) is 0 Å². The monoisotopic (exact) mass is 200 g/mol. The van der Waals surface area contributed by atoms with E-state index in [1.165, 1.54) is 12.8 Å². The van der Waals surface area contributed by atoms with E-state index in [9.17, 15) is 4.79 Å². The van der Waals surface area contributed by atoms with Gasteiger partial charge in [0.15, 0.2) is 0 Å². The van der Waals surface area contributed by atoms with Crippen molar-refractivity contribution in [2.45, 2.75) is 52.5 Å². The predicted octanol–water partition coefficient (Wildman–Crippen LogP) is 1.67. The van der Waals surface area contributed by atoms with E-state index in [-0.39, 0.29) is 11.9 Å². The molecule has 0 fully saturated rings. The van der Waals surface area contributed by atoms with Gasteiger partial charge < -0.3 is 11.1 Å². The van der Waals surface area contributed by atoms with Crippen molar-refractivity contribution in [3.05, 3.63) is 0 Å². The molecular formula is C11H24N2O. The molecule has 0 saturated carbocycles. The second-order valence-electron chi connectivity index (χ2n) is 4.25. The van der Waals surface area contributed by atoms with E-state index in [4.69, 9.17) is 5.73 Å². The van der Waals surface area contributed by atoms with Gasteiger partial charge in [0.2, 0.25) is 5.91 Å². The predicted molar refractivity (Wildman–Crippen MR) is 60.0 cm³/mol. The Morgan fingerprint density at radius 3 is 2.43 bits per heavy atom. The third-order valence-electron chi connectivity index (χ3n) is 2.22. The molecule has 0 rings (SSSR count). The Morgan fingerprint density at radius 2 is 2.00 bits per heavy atom. The molecule has 0 aromatic carbocycles. The smallest absolute Gasteiger partial charge is 0.234 e. The Morgan fingerprint density at radius 1 is 1.36 bits per heavy atom. The molecule has 84 valence electrons. The molecule has 14 heavy (non-hydrogen) atoms. The van der Waals surface area contributed by atoms with Crippen molar-refractivity contribution in [2.75, 3.05) is 6.54 Å². The van der Waals surface area contributed by atoms with Crippen molar-refractivity contribution >= 4 is 5.91 Å². The molecular weight excluding hydrogens is 176 g/mol. The first-order valence-electron chi connectivity index (χ1n) is 5.60. The van der Waals surface area contributed by atoms with Crippen molar-refractivity contribution in [3.8, 4) is 0 Å². The molecule has 0 aromatic rings. The summed E-state index contributed by atoms with van der Waals surface area (Å²) in [4.78, 5) is 11.1. The highest BCUT2D eigenvalue weighted by Crippen LogP contribution is 2.04. The van der Waals surface area contributed by atoms with Gasteiger partial charge in [-0.25, -0.2) is 0 Å². The lowest BCUT2D eigenvalue weighted by Gasteiger charge is -2.17. The van der Waals surface area contributed by atoms with Gasteiger partial charge in [-0.05, 0) is 25.3 Å². The number of unbranched alkanes of at least 4 members (excludes halogenated alkanes) is 2. The summed E-state index contributed by atoms with van der Waals surface area (Å²) in [5.41, 5.74) is 5.30. The topological polar surface area (TPSA) is 55.1 Å². The highest BCUT2D eigenvalue weighted by Gasteiger charge is 2.15. The number of rotatable bonds is 8. The van der Waals surface area contributed by atoms with Crippen LogP contribution in [-0.2, 0) is 4.79 Å². The maximum absolute atomic E-state index is 11.1. The van der Waals surface area contributed by atoms with Crippen molar-refractivity contribution in [1.29, 1.82) is 0 Å². The zero-order valence-corrected chi connectivity index (χ0v) is 9.68. The van der Waals surface area contributed by atoms with Crippen LogP contribution in [0.4, 0.5) is 0 Å². The third kappa shape index (κ3) is 6.89. The summed E-state index contributed by atoms with van der Waals surface area (Å²) >= 11 is 0. The summed E-state index contributed by atoms with van der Waals surface area (Å²) in [6, 6.07) is -0.146. The lowest BCUT2D eigenvalue weighted by molar-refractivity contribution is -0.120. The second kappa shape index (κ2) is 7.80. The zero-order chi connectivity index (χ0) is 11.0. The van der Waals surface area contributed by atoms with Crippen LogP contribution < -0.4 is 11.1 Å². The number of nitrogens with two attached hydrogens (primary N) is 1. The Balaban J connectivity index is 3.68. The fourth-order valence-corrected chi connectivity index (χ4v) is 1.42. The molecule has 3 nitrogen and oxygen atoms in total. The van der Waals surface area contributed by atoms with E-state index in [0.29, 0.717) is 5.92 Å². The highest BCUT2D eigenvalue weighted by atomic mass is 16.1. The number of primary amides is 1. The van der Waals surface area contributed by atoms with Gasteiger partial charge in [0.05, 0.1) is 6.04 Å². The normalized spacial score (nSPS) is 13.1. The average Bonchev–Trinajstić information content (AvgIpc) is 2.09. The van der Waals surface area contributed by atoms with E-state index in [1.54, 1.807) is 0 Å². The summed E-state index contributed by atoms with van der Waals surface area (Å²) < 4.78 is 0. The van der Waals surface area contributed by atoms with Crippen LogP contribution in [0.3, 0.4) is 0 Å². The second-order valence-corrected chi connectivity index (χ2v) is 4.25. The van der Waals surface area contributed by atoms with Gasteiger partial charge in [0, 0.05) is 0 Å². The standard InChI is InChI=1S/C11H24N2O/c1-4-5-6-7-13-10(11(12)14)8-9(2)3/h9-10,13H,4-8H2,1-3H3,(H2,12,14). The molecule has 0 heterocycles. The number of carbonyl (C=O) groups excluding carboxylic acids is 1. The quantitative estimate of drug-likeness (QED) is 0.586. The fourth-order valence-electron chi connectivity index (χ4n) is 1.42. The van der Waals surface area contributed by atoms with Gasteiger partial charge in [0.1, 0.15) is 0 Å².